The summed E-state index contributed by atoms with van der Waals surface area (Å²) in [5, 5.41) is 6.69. The first-order chi connectivity index (χ1) is 15.7. The molecule has 10 heteroatoms. The number of aromatic nitrogens is 2. The highest BCUT2D eigenvalue weighted by Crippen LogP contribution is 2.29. The van der Waals surface area contributed by atoms with Crippen molar-refractivity contribution in [2.24, 2.45) is 0 Å². The van der Waals surface area contributed by atoms with E-state index in [1.807, 2.05) is 26.0 Å². The van der Waals surface area contributed by atoms with Crippen LogP contribution in [-0.4, -0.2) is 41.9 Å². The Hall–Kier alpha value is -2.69. The van der Waals surface area contributed by atoms with Gasteiger partial charge >= 0.3 is 0 Å². The monoisotopic (exact) mass is 488 g/mol. The largest absolute Gasteiger partial charge is 0.338 e. The number of carbonyl (C=O) groups is 1. The molecule has 0 aliphatic rings. The number of nitrogens with one attached hydrogen (secondary N) is 1. The maximum Gasteiger partial charge on any atom is 0.256 e. The third-order valence-electron chi connectivity index (χ3n) is 5.28. The van der Waals surface area contributed by atoms with Gasteiger partial charge in [0.1, 0.15) is 0 Å². The summed E-state index contributed by atoms with van der Waals surface area (Å²) < 4.78 is 32.6. The van der Waals surface area contributed by atoms with E-state index in [0.29, 0.717) is 41.8 Å². The smallest absolute Gasteiger partial charge is 0.256 e. The maximum absolute atomic E-state index is 13.2. The molecule has 1 heterocycles. The highest BCUT2D eigenvalue weighted by molar-refractivity contribution is 7.98. The van der Waals surface area contributed by atoms with Crippen molar-refractivity contribution >= 4 is 33.4 Å². The summed E-state index contributed by atoms with van der Waals surface area (Å²) in [5.41, 5.74) is 2.55. The lowest BCUT2D eigenvalue weighted by molar-refractivity contribution is 0.102. The molecule has 2 aromatic carbocycles. The number of rotatable bonds is 9. The highest BCUT2D eigenvalue weighted by Gasteiger charge is 2.24. The number of sulfonamides is 1. The standard InChI is InChI=1S/C23H28N4O4S2/c1-6-27(7-2)33(29,30)18-12-15(3)16(4)20(13-18)25-23(28)19-10-8-9-11-21(19)32-14-22-24-17(5)26-31-22/h8-13H,6-7,14H2,1-5H3,(H,25,28). The predicted octanol–water partition coefficient (Wildman–Crippen LogP) is 4.57. The minimum atomic E-state index is -3.65. The van der Waals surface area contributed by atoms with Gasteiger partial charge in [-0.3, -0.25) is 4.79 Å². The summed E-state index contributed by atoms with van der Waals surface area (Å²) in [6.45, 7) is 9.79. The van der Waals surface area contributed by atoms with Gasteiger partial charge in [-0.2, -0.15) is 9.29 Å². The molecule has 0 saturated carbocycles. The van der Waals surface area contributed by atoms with Crippen LogP contribution in [0.2, 0.25) is 0 Å². The van der Waals surface area contributed by atoms with Gasteiger partial charge in [-0.1, -0.05) is 31.1 Å². The fourth-order valence-corrected chi connectivity index (χ4v) is 5.78. The average Bonchev–Trinajstić information content (AvgIpc) is 3.21. The summed E-state index contributed by atoms with van der Waals surface area (Å²) in [5.74, 6) is 1.15. The number of amides is 1. The van der Waals surface area contributed by atoms with E-state index in [2.05, 4.69) is 15.5 Å². The molecular formula is C23H28N4O4S2. The summed E-state index contributed by atoms with van der Waals surface area (Å²) in [6, 6.07) is 10.4. The van der Waals surface area contributed by atoms with E-state index in [9.17, 15) is 13.2 Å². The highest BCUT2D eigenvalue weighted by atomic mass is 32.2. The Labute approximate surface area is 198 Å². The molecule has 0 unspecified atom stereocenters. The Morgan fingerprint density at radius 3 is 2.45 bits per heavy atom. The van der Waals surface area contributed by atoms with Crippen LogP contribution in [0.1, 0.15) is 47.0 Å². The lowest BCUT2D eigenvalue weighted by atomic mass is 10.1. The summed E-state index contributed by atoms with van der Waals surface area (Å²) in [6.07, 6.45) is 0. The molecule has 0 saturated heterocycles. The van der Waals surface area contributed by atoms with Gasteiger partial charge in [-0.05, 0) is 56.2 Å². The fraction of sp³-hybridized carbons (Fsp3) is 0.348. The van der Waals surface area contributed by atoms with Gasteiger partial charge in [-0.25, -0.2) is 8.42 Å². The van der Waals surface area contributed by atoms with Gasteiger partial charge in [0, 0.05) is 23.7 Å². The molecule has 3 aromatic rings. The Kier molecular flexibility index (Phi) is 7.93. The van der Waals surface area contributed by atoms with Crippen molar-refractivity contribution in [1.82, 2.24) is 14.4 Å². The van der Waals surface area contributed by atoms with Crippen LogP contribution in [0, 0.1) is 20.8 Å². The second-order valence-corrected chi connectivity index (χ2v) is 10.4. The minimum absolute atomic E-state index is 0.166. The maximum atomic E-state index is 13.2. The Balaban J connectivity index is 1.88. The molecule has 1 N–H and O–H groups in total. The number of aryl methyl sites for hydroxylation is 2. The zero-order valence-electron chi connectivity index (χ0n) is 19.4. The fourth-order valence-electron chi connectivity index (χ4n) is 3.33. The number of benzene rings is 2. The predicted molar refractivity (Wildman–Crippen MR) is 129 cm³/mol. The van der Waals surface area contributed by atoms with Crippen molar-refractivity contribution in [1.29, 1.82) is 0 Å². The van der Waals surface area contributed by atoms with Gasteiger partial charge in [0.05, 0.1) is 16.2 Å². The van der Waals surface area contributed by atoms with Crippen molar-refractivity contribution in [3.63, 3.8) is 0 Å². The Morgan fingerprint density at radius 1 is 1.12 bits per heavy atom. The first kappa shape index (κ1) is 24.9. The number of hydrogen-bond donors (Lipinski definition) is 1. The SMILES string of the molecule is CCN(CC)S(=O)(=O)c1cc(C)c(C)c(NC(=O)c2ccccc2SCc2nc(C)no2)c1. The molecule has 33 heavy (non-hydrogen) atoms. The average molecular weight is 489 g/mol. The normalized spacial score (nSPS) is 11.7. The third kappa shape index (κ3) is 5.63. The minimum Gasteiger partial charge on any atom is -0.338 e. The molecule has 0 aliphatic carbocycles. The van der Waals surface area contributed by atoms with E-state index < -0.39 is 10.0 Å². The number of hydrogen-bond acceptors (Lipinski definition) is 7. The quantitative estimate of drug-likeness (QED) is 0.440. The molecule has 0 radical (unpaired) electrons. The molecule has 0 bridgehead atoms. The molecule has 0 spiro atoms. The third-order valence-corrected chi connectivity index (χ3v) is 8.37. The Bertz CT molecular complexity index is 1250. The van der Waals surface area contributed by atoms with Crippen LogP contribution < -0.4 is 5.32 Å². The first-order valence-corrected chi connectivity index (χ1v) is 13.0. The van der Waals surface area contributed by atoms with E-state index in [1.54, 1.807) is 39.0 Å². The topological polar surface area (TPSA) is 105 Å². The first-order valence-electron chi connectivity index (χ1n) is 10.6. The lowest BCUT2D eigenvalue weighted by Crippen LogP contribution is -2.30. The molecular weight excluding hydrogens is 460 g/mol. The summed E-state index contributed by atoms with van der Waals surface area (Å²) >= 11 is 1.42. The van der Waals surface area contributed by atoms with E-state index in [0.717, 1.165) is 16.0 Å². The molecule has 1 aromatic heterocycles. The molecule has 176 valence electrons. The van der Waals surface area contributed by atoms with Crippen molar-refractivity contribution in [2.75, 3.05) is 18.4 Å². The van der Waals surface area contributed by atoms with Gasteiger partial charge in [0.25, 0.3) is 5.91 Å². The summed E-state index contributed by atoms with van der Waals surface area (Å²) in [7, 11) is -3.65. The van der Waals surface area contributed by atoms with Crippen LogP contribution in [0.5, 0.6) is 0 Å². The number of carbonyl (C=O) groups excluding carboxylic acids is 1. The molecule has 3 rings (SSSR count). The molecule has 0 aliphatic heterocycles. The molecule has 8 nitrogen and oxygen atoms in total. The molecule has 0 fully saturated rings. The van der Waals surface area contributed by atoms with E-state index in [1.165, 1.54) is 22.1 Å². The second-order valence-electron chi connectivity index (χ2n) is 7.48. The van der Waals surface area contributed by atoms with E-state index >= 15 is 0 Å². The van der Waals surface area contributed by atoms with E-state index in [-0.39, 0.29) is 10.8 Å². The van der Waals surface area contributed by atoms with Crippen molar-refractivity contribution in [3.05, 3.63) is 64.8 Å². The van der Waals surface area contributed by atoms with Gasteiger partial charge in [0.2, 0.25) is 15.9 Å². The van der Waals surface area contributed by atoms with Crippen molar-refractivity contribution in [2.45, 2.75) is 50.2 Å². The van der Waals surface area contributed by atoms with Crippen LogP contribution in [-0.2, 0) is 15.8 Å². The lowest BCUT2D eigenvalue weighted by Gasteiger charge is -2.20. The number of nitrogens with zero attached hydrogens (tertiary/aromatic N) is 3. The van der Waals surface area contributed by atoms with Crippen LogP contribution in [0.25, 0.3) is 0 Å². The van der Waals surface area contributed by atoms with Gasteiger partial charge in [0.15, 0.2) is 5.82 Å². The van der Waals surface area contributed by atoms with Crippen LogP contribution in [0.4, 0.5) is 5.69 Å². The van der Waals surface area contributed by atoms with Gasteiger partial charge < -0.3 is 9.84 Å². The van der Waals surface area contributed by atoms with Crippen LogP contribution >= 0.6 is 11.8 Å². The van der Waals surface area contributed by atoms with Crippen molar-refractivity contribution in [3.8, 4) is 0 Å². The zero-order valence-corrected chi connectivity index (χ0v) is 21.0. The zero-order chi connectivity index (χ0) is 24.2. The molecule has 0 atom stereocenters. The van der Waals surface area contributed by atoms with Crippen molar-refractivity contribution < 1.29 is 17.7 Å². The van der Waals surface area contributed by atoms with Crippen LogP contribution in [0.15, 0.2) is 50.7 Å². The van der Waals surface area contributed by atoms with Crippen LogP contribution in [0.3, 0.4) is 0 Å². The van der Waals surface area contributed by atoms with Gasteiger partial charge in [-0.15, -0.1) is 11.8 Å². The second kappa shape index (κ2) is 10.5. The summed E-state index contributed by atoms with van der Waals surface area (Å²) in [4.78, 5) is 18.3. The number of thioether (sulfide) groups is 1. The Morgan fingerprint density at radius 2 is 1.82 bits per heavy atom. The van der Waals surface area contributed by atoms with E-state index in [4.69, 9.17) is 4.52 Å². The molecule has 1 amide bonds. The number of anilines is 1.